The molecule has 154 valence electrons. The summed E-state index contributed by atoms with van der Waals surface area (Å²) in [6.45, 7) is -1.45. The monoisotopic (exact) mass is 410 g/mol. The molecule has 2 rings (SSSR count). The van der Waals surface area contributed by atoms with Crippen LogP contribution in [0.3, 0.4) is 0 Å². The second-order valence-electron chi connectivity index (χ2n) is 5.36. The lowest BCUT2D eigenvalue weighted by molar-refractivity contribution is -0.192. The van der Waals surface area contributed by atoms with E-state index in [0.717, 1.165) is 38.2 Å². The zero-order valence-corrected chi connectivity index (χ0v) is 14.1. The van der Waals surface area contributed by atoms with Crippen molar-refractivity contribution in [1.29, 1.82) is 5.26 Å². The molecule has 1 aromatic rings. The molecule has 1 aliphatic heterocycles. The summed E-state index contributed by atoms with van der Waals surface area (Å²) in [6, 6.07) is 2.77. The number of nitrogens with zero attached hydrogens (tertiary/aromatic N) is 2. The number of carboxylic acid groups (broad SMARTS) is 1. The Hall–Kier alpha value is -3.01. The number of carbonyl (C=O) groups excluding carboxylic acids is 1. The molecule has 8 nitrogen and oxygen atoms in total. The maximum Gasteiger partial charge on any atom is 0.490 e. The minimum Gasteiger partial charge on any atom is -0.475 e. The van der Waals surface area contributed by atoms with Crippen molar-refractivity contribution in [1.82, 2.24) is 15.6 Å². The third-order valence-corrected chi connectivity index (χ3v) is 3.35. The number of carboxylic acids is 1. The normalized spacial score (nSPS) is 14.5. The molecule has 1 saturated heterocycles. The van der Waals surface area contributed by atoms with E-state index < -0.39 is 24.7 Å². The molecule has 2 heterocycles. The van der Waals surface area contributed by atoms with Crippen LogP contribution in [0.2, 0.25) is 0 Å². The number of aromatic nitrogens is 1. The van der Waals surface area contributed by atoms with E-state index in [4.69, 9.17) is 15.2 Å². The number of ether oxygens (including phenoxy) is 1. The summed E-state index contributed by atoms with van der Waals surface area (Å²) >= 11 is 0. The number of pyridine rings is 1. The van der Waals surface area contributed by atoms with E-state index in [9.17, 15) is 26.7 Å². The van der Waals surface area contributed by atoms with Crippen LogP contribution in [0.15, 0.2) is 12.3 Å². The Morgan fingerprint density at radius 3 is 2.39 bits per heavy atom. The molecule has 0 atom stereocenters. The van der Waals surface area contributed by atoms with Gasteiger partial charge in [0, 0.05) is 18.3 Å². The largest absolute Gasteiger partial charge is 0.490 e. The van der Waals surface area contributed by atoms with Gasteiger partial charge in [-0.2, -0.15) is 27.2 Å². The van der Waals surface area contributed by atoms with Gasteiger partial charge < -0.3 is 20.5 Å². The molecule has 1 amide bonds. The Morgan fingerprint density at radius 1 is 1.36 bits per heavy atom. The SMILES string of the molecule is N#Cc1cnc(C(=O)NC2CCNCC2)cc1OC(F)F.O=C(O)C(F)(F)F. The second kappa shape index (κ2) is 10.4. The van der Waals surface area contributed by atoms with Crippen molar-refractivity contribution in [2.45, 2.75) is 31.7 Å². The summed E-state index contributed by atoms with van der Waals surface area (Å²) < 4.78 is 60.5. The van der Waals surface area contributed by atoms with Crippen LogP contribution in [-0.4, -0.2) is 53.9 Å². The molecule has 0 bridgehead atoms. The fourth-order valence-electron chi connectivity index (χ4n) is 2.06. The molecule has 0 spiro atoms. The van der Waals surface area contributed by atoms with Crippen LogP contribution in [0, 0.1) is 11.3 Å². The van der Waals surface area contributed by atoms with Gasteiger partial charge >= 0.3 is 18.8 Å². The minimum atomic E-state index is -5.08. The molecule has 28 heavy (non-hydrogen) atoms. The number of hydrogen-bond donors (Lipinski definition) is 3. The molecule has 0 aromatic carbocycles. The van der Waals surface area contributed by atoms with Crippen molar-refractivity contribution in [2.75, 3.05) is 13.1 Å². The summed E-state index contributed by atoms with van der Waals surface area (Å²) in [5.74, 6) is -3.57. The third-order valence-electron chi connectivity index (χ3n) is 3.35. The smallest absolute Gasteiger partial charge is 0.475 e. The average Bonchev–Trinajstić information content (AvgIpc) is 2.61. The lowest BCUT2D eigenvalue weighted by Gasteiger charge is -2.23. The average molecular weight is 410 g/mol. The Labute approximate surface area is 155 Å². The Morgan fingerprint density at radius 2 is 1.93 bits per heavy atom. The van der Waals surface area contributed by atoms with Gasteiger partial charge in [-0.25, -0.2) is 9.78 Å². The minimum absolute atomic E-state index is 0.0238. The van der Waals surface area contributed by atoms with E-state index in [2.05, 4.69) is 20.4 Å². The molecule has 0 saturated carbocycles. The van der Waals surface area contributed by atoms with E-state index in [-0.39, 0.29) is 23.0 Å². The molecule has 1 aliphatic rings. The summed E-state index contributed by atoms with van der Waals surface area (Å²) in [4.78, 5) is 24.7. The van der Waals surface area contributed by atoms with Crippen molar-refractivity contribution in [2.24, 2.45) is 0 Å². The van der Waals surface area contributed by atoms with Crippen LogP contribution in [0.5, 0.6) is 5.75 Å². The van der Waals surface area contributed by atoms with Gasteiger partial charge in [0.1, 0.15) is 23.1 Å². The summed E-state index contributed by atoms with van der Waals surface area (Å²) in [6.07, 6.45) is -2.44. The highest BCUT2D eigenvalue weighted by atomic mass is 19.4. The van der Waals surface area contributed by atoms with Crippen LogP contribution in [0.1, 0.15) is 28.9 Å². The number of hydrogen-bond acceptors (Lipinski definition) is 6. The first-order chi connectivity index (χ1) is 13.0. The highest BCUT2D eigenvalue weighted by Gasteiger charge is 2.38. The number of piperidine rings is 1. The van der Waals surface area contributed by atoms with Crippen molar-refractivity contribution >= 4 is 11.9 Å². The van der Waals surface area contributed by atoms with Crippen molar-refractivity contribution in [3.05, 3.63) is 23.5 Å². The lowest BCUT2D eigenvalue weighted by atomic mass is 10.1. The topological polar surface area (TPSA) is 124 Å². The number of rotatable bonds is 4. The van der Waals surface area contributed by atoms with Crippen molar-refractivity contribution in [3.63, 3.8) is 0 Å². The quantitative estimate of drug-likeness (QED) is 0.645. The number of alkyl halides is 5. The first-order valence-corrected chi connectivity index (χ1v) is 7.71. The summed E-state index contributed by atoms with van der Waals surface area (Å²) in [5, 5.41) is 21.9. The number of nitrogens with one attached hydrogen (secondary N) is 2. The fourth-order valence-corrected chi connectivity index (χ4v) is 2.06. The molecule has 0 aliphatic carbocycles. The van der Waals surface area contributed by atoms with Gasteiger partial charge in [0.15, 0.2) is 0 Å². The first-order valence-electron chi connectivity index (χ1n) is 7.71. The zero-order valence-electron chi connectivity index (χ0n) is 14.1. The van der Waals surface area contributed by atoms with E-state index in [1.807, 2.05) is 0 Å². The predicted octanol–water partition coefficient (Wildman–Crippen LogP) is 1.67. The summed E-state index contributed by atoms with van der Waals surface area (Å²) in [5.41, 5.74) is -0.197. The van der Waals surface area contributed by atoms with Crippen molar-refractivity contribution in [3.8, 4) is 11.8 Å². The molecule has 1 fully saturated rings. The van der Waals surface area contributed by atoms with Gasteiger partial charge in [-0.3, -0.25) is 4.79 Å². The second-order valence-corrected chi connectivity index (χ2v) is 5.36. The molecule has 0 radical (unpaired) electrons. The first kappa shape index (κ1) is 23.0. The molecule has 13 heteroatoms. The maximum absolute atomic E-state index is 12.3. The Bertz CT molecular complexity index is 730. The van der Waals surface area contributed by atoms with Crippen LogP contribution in [0.25, 0.3) is 0 Å². The molecular formula is C15H15F5N4O4. The van der Waals surface area contributed by atoms with E-state index in [1.54, 1.807) is 6.07 Å². The fraction of sp³-hybridized carbons (Fsp3) is 0.467. The van der Waals surface area contributed by atoms with Gasteiger partial charge in [0.2, 0.25) is 0 Å². The van der Waals surface area contributed by atoms with Crippen LogP contribution in [-0.2, 0) is 4.79 Å². The van der Waals surface area contributed by atoms with Crippen LogP contribution < -0.4 is 15.4 Å². The number of halogens is 5. The highest BCUT2D eigenvalue weighted by Crippen LogP contribution is 2.20. The van der Waals surface area contributed by atoms with E-state index >= 15 is 0 Å². The lowest BCUT2D eigenvalue weighted by Crippen LogP contribution is -2.42. The highest BCUT2D eigenvalue weighted by molar-refractivity contribution is 5.93. The summed E-state index contributed by atoms with van der Waals surface area (Å²) in [7, 11) is 0. The predicted molar refractivity (Wildman–Crippen MR) is 82.6 cm³/mol. The molecule has 0 unspecified atom stereocenters. The van der Waals surface area contributed by atoms with Crippen molar-refractivity contribution < 1.29 is 41.4 Å². The maximum atomic E-state index is 12.3. The number of amides is 1. The standard InChI is InChI=1S/C13H14F2N4O2.C2HF3O2/c14-13(15)21-11-5-10(18-7-8(11)6-16)12(20)19-9-1-3-17-4-2-9;3-2(4,5)1(6)7/h5,7,9,13,17H,1-4H2,(H,19,20);(H,6,7). The van der Waals surface area contributed by atoms with Crippen LogP contribution in [0.4, 0.5) is 22.0 Å². The molecule has 3 N–H and O–H groups in total. The number of nitriles is 1. The van der Waals surface area contributed by atoms with Gasteiger partial charge in [-0.15, -0.1) is 0 Å². The van der Waals surface area contributed by atoms with E-state index in [0.29, 0.717) is 0 Å². The van der Waals surface area contributed by atoms with Gasteiger partial charge in [-0.1, -0.05) is 0 Å². The number of aliphatic carboxylic acids is 1. The Balaban J connectivity index is 0.000000480. The van der Waals surface area contributed by atoms with Gasteiger partial charge in [0.05, 0.1) is 0 Å². The Kier molecular flexibility index (Phi) is 8.52. The third kappa shape index (κ3) is 7.70. The molecule has 1 aromatic heterocycles. The van der Waals surface area contributed by atoms with Crippen LogP contribution >= 0.6 is 0 Å². The molecular weight excluding hydrogens is 395 g/mol. The number of carbonyl (C=O) groups is 2. The zero-order chi connectivity index (χ0) is 21.3. The van der Waals surface area contributed by atoms with Gasteiger partial charge in [0.25, 0.3) is 5.91 Å². The van der Waals surface area contributed by atoms with E-state index in [1.165, 1.54) is 0 Å². The van der Waals surface area contributed by atoms with Gasteiger partial charge in [-0.05, 0) is 25.9 Å².